The van der Waals surface area contributed by atoms with E-state index in [1.165, 1.54) is 27.1 Å². The number of terminal acetylenes is 1. The van der Waals surface area contributed by atoms with Crippen LogP contribution in [0.3, 0.4) is 0 Å². The van der Waals surface area contributed by atoms with E-state index in [1.807, 2.05) is 20.8 Å². The highest BCUT2D eigenvalue weighted by Gasteiger charge is 2.27. The normalized spacial score (nSPS) is 20.9. The van der Waals surface area contributed by atoms with Gasteiger partial charge in [-0.15, -0.1) is 24.6 Å². The maximum Gasteiger partial charge on any atom is 0.0853 e. The van der Waals surface area contributed by atoms with E-state index in [4.69, 9.17) is 4.74 Å². The van der Waals surface area contributed by atoms with Gasteiger partial charge in [0.2, 0.25) is 0 Å². The minimum absolute atomic E-state index is 0.00182. The van der Waals surface area contributed by atoms with Crippen LogP contribution in [-0.4, -0.2) is 23.6 Å². The van der Waals surface area contributed by atoms with Crippen LogP contribution in [0, 0.1) is 19.8 Å². The highest BCUT2D eigenvalue weighted by atomic mass is 32.2. The fourth-order valence-electron chi connectivity index (χ4n) is 3.38. The first-order valence-electron chi connectivity index (χ1n) is 9.94. The van der Waals surface area contributed by atoms with Crippen LogP contribution in [0.4, 0.5) is 0 Å². The molecule has 1 N–H and O–H groups in total. The molecular weight excluding hydrogens is 364 g/mol. The van der Waals surface area contributed by atoms with Crippen molar-refractivity contribution in [2.24, 2.45) is 0 Å². The summed E-state index contributed by atoms with van der Waals surface area (Å²) in [5.74, 6) is 0. The standard InChI is InChI=1S/C21H26O2S.C2H6.C2H2/c1-14-4-7-17(21-13-19(22)10-15(2)23-21)12-18(14)11-16-5-8-20(24-3)9-6-16;2*1-2/h4-9,12,15,19,21-22H,10-11,13H2,1-3H3;1-2H3;1-2H/t15-,19+,21-;;/m1../s1. The molecule has 3 rings (SSSR count). The minimum atomic E-state index is -0.261. The van der Waals surface area contributed by atoms with Crippen molar-refractivity contribution in [1.29, 1.82) is 0 Å². The Bertz CT molecular complexity index is 711. The molecule has 0 spiro atoms. The molecule has 0 aliphatic carbocycles. The highest BCUT2D eigenvalue weighted by Crippen LogP contribution is 2.32. The third-order valence-corrected chi connectivity index (χ3v) is 5.53. The number of rotatable bonds is 4. The van der Waals surface area contributed by atoms with E-state index in [-0.39, 0.29) is 18.3 Å². The predicted octanol–water partition coefficient (Wildman–Crippen LogP) is 6.18. The Balaban J connectivity index is 0.000000921. The van der Waals surface area contributed by atoms with Gasteiger partial charge in [-0.25, -0.2) is 0 Å². The van der Waals surface area contributed by atoms with E-state index in [1.54, 1.807) is 11.8 Å². The van der Waals surface area contributed by atoms with E-state index >= 15 is 0 Å². The number of thioether (sulfide) groups is 1. The molecular formula is C25H34O2S. The second-order valence-electron chi connectivity index (χ2n) is 6.77. The van der Waals surface area contributed by atoms with E-state index in [2.05, 4.69) is 68.5 Å². The van der Waals surface area contributed by atoms with Crippen molar-refractivity contribution in [1.82, 2.24) is 0 Å². The van der Waals surface area contributed by atoms with Crippen molar-refractivity contribution in [3.8, 4) is 12.8 Å². The van der Waals surface area contributed by atoms with E-state index in [0.717, 1.165) is 12.8 Å². The zero-order chi connectivity index (χ0) is 21.1. The number of aliphatic hydroxyl groups excluding tert-OH is 1. The van der Waals surface area contributed by atoms with E-state index < -0.39 is 0 Å². The number of aliphatic hydroxyl groups is 1. The lowest BCUT2D eigenvalue weighted by Gasteiger charge is -2.32. The fraction of sp³-hybridized carbons (Fsp3) is 0.440. The molecule has 0 aromatic heterocycles. The lowest BCUT2D eigenvalue weighted by molar-refractivity contribution is -0.0895. The molecule has 0 amide bonds. The molecule has 28 heavy (non-hydrogen) atoms. The van der Waals surface area contributed by atoms with Gasteiger partial charge in [-0.2, -0.15) is 0 Å². The van der Waals surface area contributed by atoms with Crippen molar-refractivity contribution < 1.29 is 9.84 Å². The fourth-order valence-corrected chi connectivity index (χ4v) is 3.79. The van der Waals surface area contributed by atoms with Crippen LogP contribution in [0.25, 0.3) is 0 Å². The van der Waals surface area contributed by atoms with Crippen molar-refractivity contribution >= 4 is 11.8 Å². The SMILES string of the molecule is C#C.CC.CSc1ccc(Cc2cc([C@H]3C[C@@H](O)C[C@@H](C)O3)ccc2C)cc1. The zero-order valence-corrected chi connectivity index (χ0v) is 18.6. The Morgan fingerprint density at radius 2 is 1.71 bits per heavy atom. The zero-order valence-electron chi connectivity index (χ0n) is 17.8. The molecule has 2 aromatic rings. The van der Waals surface area contributed by atoms with Gasteiger partial charge in [0.15, 0.2) is 0 Å². The summed E-state index contributed by atoms with van der Waals surface area (Å²) in [4.78, 5) is 1.29. The number of ether oxygens (including phenoxy) is 1. The summed E-state index contributed by atoms with van der Waals surface area (Å²) < 4.78 is 6.06. The molecule has 3 atom stereocenters. The number of hydrogen-bond donors (Lipinski definition) is 1. The third-order valence-electron chi connectivity index (χ3n) is 4.79. The topological polar surface area (TPSA) is 29.5 Å². The maximum atomic E-state index is 10.0. The predicted molar refractivity (Wildman–Crippen MR) is 122 cm³/mol. The molecule has 1 fully saturated rings. The largest absolute Gasteiger partial charge is 0.393 e. The average Bonchev–Trinajstić information content (AvgIpc) is 2.72. The summed E-state index contributed by atoms with van der Waals surface area (Å²) in [6.07, 6.45) is 12.3. The van der Waals surface area contributed by atoms with Crippen molar-refractivity contribution in [3.63, 3.8) is 0 Å². The molecule has 1 saturated heterocycles. The van der Waals surface area contributed by atoms with Crippen LogP contribution in [0.1, 0.15) is 62.0 Å². The molecule has 3 heteroatoms. The lowest BCUT2D eigenvalue weighted by atomic mass is 9.92. The van der Waals surface area contributed by atoms with Crippen LogP contribution in [0.5, 0.6) is 0 Å². The summed E-state index contributed by atoms with van der Waals surface area (Å²) >= 11 is 1.77. The molecule has 2 aromatic carbocycles. The average molecular weight is 399 g/mol. The molecule has 1 aliphatic rings. The Kier molecular flexibility index (Phi) is 11.0. The molecule has 0 radical (unpaired) electrons. The maximum absolute atomic E-state index is 10.0. The smallest absolute Gasteiger partial charge is 0.0853 e. The van der Waals surface area contributed by atoms with Crippen LogP contribution < -0.4 is 0 Å². The number of hydrogen-bond acceptors (Lipinski definition) is 3. The molecule has 1 heterocycles. The van der Waals surface area contributed by atoms with Crippen LogP contribution in [0.15, 0.2) is 47.4 Å². The summed E-state index contributed by atoms with van der Waals surface area (Å²) in [5, 5.41) is 10.0. The third kappa shape index (κ3) is 7.02. The lowest BCUT2D eigenvalue weighted by Crippen LogP contribution is -2.29. The first kappa shape index (κ1) is 24.3. The monoisotopic (exact) mass is 398 g/mol. The van der Waals surface area contributed by atoms with Crippen LogP contribution >= 0.6 is 11.8 Å². The van der Waals surface area contributed by atoms with Crippen LogP contribution in [0.2, 0.25) is 0 Å². The second-order valence-corrected chi connectivity index (χ2v) is 7.65. The van der Waals surface area contributed by atoms with Gasteiger partial charge >= 0.3 is 0 Å². The first-order valence-corrected chi connectivity index (χ1v) is 11.2. The van der Waals surface area contributed by atoms with Crippen molar-refractivity contribution in [2.45, 2.75) is 70.2 Å². The van der Waals surface area contributed by atoms with Gasteiger partial charge in [-0.1, -0.05) is 44.2 Å². The summed E-state index contributed by atoms with van der Waals surface area (Å²) in [7, 11) is 0. The Morgan fingerprint density at radius 3 is 2.29 bits per heavy atom. The van der Waals surface area contributed by atoms with Gasteiger partial charge in [0.1, 0.15) is 0 Å². The highest BCUT2D eigenvalue weighted by molar-refractivity contribution is 7.98. The Hall–Kier alpha value is -1.73. The summed E-state index contributed by atoms with van der Waals surface area (Å²) in [6, 6.07) is 15.4. The van der Waals surface area contributed by atoms with Gasteiger partial charge in [0.25, 0.3) is 0 Å². The number of benzene rings is 2. The molecule has 0 bridgehead atoms. The van der Waals surface area contributed by atoms with Crippen molar-refractivity contribution in [2.75, 3.05) is 6.26 Å². The minimum Gasteiger partial charge on any atom is -0.393 e. The van der Waals surface area contributed by atoms with Crippen LogP contribution in [-0.2, 0) is 11.2 Å². The molecule has 0 unspecified atom stereocenters. The van der Waals surface area contributed by atoms with Gasteiger partial charge in [0, 0.05) is 11.3 Å². The molecule has 2 nitrogen and oxygen atoms in total. The molecule has 152 valence electrons. The van der Waals surface area contributed by atoms with Gasteiger partial charge in [-0.05, 0) is 67.3 Å². The first-order chi connectivity index (χ1) is 13.5. The quantitative estimate of drug-likeness (QED) is 0.492. The van der Waals surface area contributed by atoms with Gasteiger partial charge in [0.05, 0.1) is 18.3 Å². The molecule has 1 aliphatic heterocycles. The second kappa shape index (κ2) is 12.7. The van der Waals surface area contributed by atoms with Crippen molar-refractivity contribution in [3.05, 3.63) is 64.7 Å². The summed E-state index contributed by atoms with van der Waals surface area (Å²) in [6.45, 7) is 8.20. The Labute approximate surface area is 175 Å². The van der Waals surface area contributed by atoms with E-state index in [9.17, 15) is 5.11 Å². The van der Waals surface area contributed by atoms with Gasteiger partial charge in [-0.3, -0.25) is 0 Å². The summed E-state index contributed by atoms with van der Waals surface area (Å²) in [5.41, 5.74) is 5.14. The van der Waals surface area contributed by atoms with Gasteiger partial charge < -0.3 is 9.84 Å². The molecule has 0 saturated carbocycles. The van der Waals surface area contributed by atoms with E-state index in [0.29, 0.717) is 6.42 Å². The Morgan fingerprint density at radius 1 is 1.07 bits per heavy atom. The number of aryl methyl sites for hydroxylation is 1.